The molecule has 3 N–H and O–H groups in total. The van der Waals surface area contributed by atoms with E-state index in [2.05, 4.69) is 14.0 Å². The van der Waals surface area contributed by atoms with Gasteiger partial charge in [0.2, 0.25) is 5.91 Å². The number of benzene rings is 4. The number of fused-ring (bicyclic) bond motifs is 10. The van der Waals surface area contributed by atoms with Crippen LogP contribution in [0.15, 0.2) is 83.9 Å². The first kappa shape index (κ1) is 67.5. The van der Waals surface area contributed by atoms with Crippen LogP contribution in [0.1, 0.15) is 133 Å². The summed E-state index contributed by atoms with van der Waals surface area (Å²) in [5.74, 6) is -1.71. The second kappa shape index (κ2) is 27.7. The van der Waals surface area contributed by atoms with Gasteiger partial charge in [0.15, 0.2) is 0 Å². The molecule has 5 aliphatic rings. The van der Waals surface area contributed by atoms with Crippen molar-refractivity contribution in [1.29, 1.82) is 0 Å². The van der Waals surface area contributed by atoms with Crippen LogP contribution in [0.4, 0.5) is 0 Å². The molecule has 23 nitrogen and oxygen atoms in total. The van der Waals surface area contributed by atoms with Gasteiger partial charge in [-0.1, -0.05) is 50.7 Å². The molecular weight excluding hydrogens is 1230 g/mol. The van der Waals surface area contributed by atoms with Gasteiger partial charge in [-0.2, -0.15) is 25.4 Å². The largest absolute Gasteiger partial charge is 0.497 e. The molecule has 2 atom stereocenters. The summed E-state index contributed by atoms with van der Waals surface area (Å²) >= 11 is 0. The summed E-state index contributed by atoms with van der Waals surface area (Å²) in [6, 6.07) is 20.3. The fourth-order valence-corrected chi connectivity index (χ4v) is 14.4. The number of carbonyl (C=O) groups excluding carboxylic acids is 5. The van der Waals surface area contributed by atoms with Crippen LogP contribution in [-0.4, -0.2) is 185 Å². The number of likely N-dealkylation sites (N-methyl/N-ethyl adjacent to an activating group) is 2. The second-order valence-electron chi connectivity index (χ2n) is 25.0. The van der Waals surface area contributed by atoms with Crippen molar-refractivity contribution in [3.63, 3.8) is 0 Å². The van der Waals surface area contributed by atoms with Gasteiger partial charge in [0, 0.05) is 111 Å². The Bertz CT molecular complexity index is 4240. The van der Waals surface area contributed by atoms with E-state index < -0.39 is 56.2 Å². The molecule has 6 aromatic rings. The third-order valence-corrected chi connectivity index (χ3v) is 21.7. The lowest BCUT2D eigenvalue weighted by Gasteiger charge is -2.33. The van der Waals surface area contributed by atoms with Gasteiger partial charge in [0.25, 0.3) is 23.6 Å². The average molecular weight is 1310 g/mol. The summed E-state index contributed by atoms with van der Waals surface area (Å²) in [4.78, 5) is 84.3. The smallest absolute Gasteiger partial charge is 0.326 e. The Morgan fingerprint density at radius 3 is 1.33 bits per heavy atom. The minimum atomic E-state index is -4.02. The van der Waals surface area contributed by atoms with Crippen molar-refractivity contribution < 1.29 is 64.9 Å². The molecule has 0 bridgehead atoms. The molecule has 5 heterocycles. The molecule has 11 rings (SSSR count). The van der Waals surface area contributed by atoms with Crippen molar-refractivity contribution in [3.05, 3.63) is 117 Å². The van der Waals surface area contributed by atoms with Gasteiger partial charge >= 0.3 is 26.4 Å². The molecule has 5 amide bonds. The van der Waals surface area contributed by atoms with Crippen molar-refractivity contribution in [2.45, 2.75) is 115 Å². The zero-order chi connectivity index (χ0) is 67.0. The molecule has 0 radical (unpaired) electrons. The normalized spacial score (nSPS) is 16.8. The highest BCUT2D eigenvalue weighted by Gasteiger charge is 2.37. The molecule has 4 aromatic carbocycles. The lowest BCUT2D eigenvalue weighted by atomic mass is 9.81. The molecule has 496 valence electrons. The number of rotatable bonds is 16. The van der Waals surface area contributed by atoms with E-state index in [1.165, 1.54) is 63.9 Å². The van der Waals surface area contributed by atoms with Crippen LogP contribution >= 0.6 is 0 Å². The van der Waals surface area contributed by atoms with Crippen LogP contribution in [0.3, 0.4) is 0 Å². The number of morpholine rings is 1. The van der Waals surface area contributed by atoms with Crippen LogP contribution in [-0.2, 0) is 57.4 Å². The number of hydrogen-bond donors (Lipinski definition) is 3. The minimum absolute atomic E-state index is 0.117. The molecule has 3 aliphatic heterocycles. The Morgan fingerprint density at radius 2 is 0.957 bits per heavy atom. The molecule has 2 aliphatic carbocycles. The second-order valence-corrected chi connectivity index (χ2v) is 28.7. The maximum absolute atomic E-state index is 14.4. The minimum Gasteiger partial charge on any atom is -0.497 e. The van der Waals surface area contributed by atoms with Crippen molar-refractivity contribution in [1.82, 2.24) is 41.9 Å². The zero-order valence-electron chi connectivity index (χ0n) is 54.4. The van der Waals surface area contributed by atoms with E-state index in [1.807, 2.05) is 59.2 Å². The van der Waals surface area contributed by atoms with Crippen molar-refractivity contribution >= 4 is 89.9 Å². The van der Waals surface area contributed by atoms with E-state index >= 15 is 0 Å². The van der Waals surface area contributed by atoms with Gasteiger partial charge in [-0.3, -0.25) is 24.0 Å². The quantitative estimate of drug-likeness (QED) is 0.0824. The van der Waals surface area contributed by atoms with Crippen LogP contribution < -0.4 is 18.9 Å². The highest BCUT2D eigenvalue weighted by molar-refractivity contribution is 7.88. The Kier molecular flexibility index (Phi) is 20.1. The van der Waals surface area contributed by atoms with E-state index in [4.69, 9.17) is 14.2 Å². The molecule has 3 fully saturated rings. The molecule has 2 aromatic heterocycles. The number of carboxylic acid groups (broad SMARTS) is 1. The van der Waals surface area contributed by atoms with E-state index in [0.717, 1.165) is 122 Å². The van der Waals surface area contributed by atoms with E-state index in [0.29, 0.717) is 54.5 Å². The van der Waals surface area contributed by atoms with Crippen molar-refractivity contribution in [2.75, 3.05) is 82.8 Å². The summed E-state index contributed by atoms with van der Waals surface area (Å²) in [7, 11) is 3.64. The summed E-state index contributed by atoms with van der Waals surface area (Å²) in [5, 5.41) is 11.5. The van der Waals surface area contributed by atoms with Crippen LogP contribution in [0.5, 0.6) is 11.5 Å². The first-order valence-corrected chi connectivity index (χ1v) is 34.4. The zero-order valence-corrected chi connectivity index (χ0v) is 56.0. The highest BCUT2D eigenvalue weighted by atomic mass is 32.2. The fraction of sp³-hybridized carbons (Fsp3) is 0.441. The number of aliphatic carboxylic acids is 1. The molecule has 1 saturated heterocycles. The molecule has 2 saturated carbocycles. The van der Waals surface area contributed by atoms with E-state index in [1.54, 1.807) is 63.4 Å². The number of methoxy groups -OCH3 is 2. The summed E-state index contributed by atoms with van der Waals surface area (Å²) < 4.78 is 76.7. The topological polar surface area (TPSA) is 269 Å². The van der Waals surface area contributed by atoms with E-state index in [-0.39, 0.29) is 47.9 Å². The SMILES string of the molecule is COc1ccc2c(c1)C=C(C(=O)N(C)[C@H](C)C(=O)N1CCOCC1)Cn1c-2c(C2CCCCC2)c2ccc(C(=O)NS(=O)(=O)N(C)C)cc21.COc1ccc2c(c1)C=C(C(=O)N(C)[C@H](C)C(=O)O)Cn1c-2c(C2CCCCC2)c2ccc(C(=O)NS(=O)(=O)N(C)C)cc21. The van der Waals surface area contributed by atoms with Gasteiger partial charge in [-0.15, -0.1) is 0 Å². The first-order valence-electron chi connectivity index (χ1n) is 31.5. The predicted octanol–water partition coefficient (Wildman–Crippen LogP) is 8.23. The van der Waals surface area contributed by atoms with Crippen LogP contribution in [0, 0.1) is 0 Å². The monoisotopic (exact) mass is 1310 g/mol. The van der Waals surface area contributed by atoms with Gasteiger partial charge in [-0.25, -0.2) is 14.2 Å². The maximum Gasteiger partial charge on any atom is 0.326 e. The highest BCUT2D eigenvalue weighted by Crippen LogP contribution is 2.49. The number of nitrogens with one attached hydrogen (secondary N) is 2. The number of carbonyl (C=O) groups is 6. The van der Waals surface area contributed by atoms with Crippen LogP contribution in [0.25, 0.3) is 56.5 Å². The summed E-state index contributed by atoms with van der Waals surface area (Å²) in [5.41, 5.74) is 10.2. The van der Waals surface area contributed by atoms with E-state index in [9.17, 15) is 50.7 Å². The molecule has 25 heteroatoms. The third-order valence-electron chi connectivity index (χ3n) is 18.9. The number of nitrogens with zero attached hydrogens (tertiary/aromatic N) is 7. The van der Waals surface area contributed by atoms with Gasteiger partial charge in [0.1, 0.15) is 23.6 Å². The Hall–Kier alpha value is -8.36. The molecule has 0 unspecified atom stereocenters. The number of aromatic nitrogens is 2. The molecular formula is C68H83N9O14S2. The average Bonchev–Trinajstić information content (AvgIpc) is 1.58. The number of amides is 5. The van der Waals surface area contributed by atoms with Crippen molar-refractivity contribution in [2.24, 2.45) is 0 Å². The lowest BCUT2D eigenvalue weighted by Crippen LogP contribution is -2.51. The van der Waals surface area contributed by atoms with Crippen molar-refractivity contribution in [3.8, 4) is 34.0 Å². The van der Waals surface area contributed by atoms with Gasteiger partial charge in [0.05, 0.1) is 51.9 Å². The summed E-state index contributed by atoms with van der Waals surface area (Å²) in [6.45, 7) is 5.39. The third kappa shape index (κ3) is 13.7. The molecule has 93 heavy (non-hydrogen) atoms. The fourth-order valence-electron chi connectivity index (χ4n) is 13.3. The Labute approximate surface area is 543 Å². The standard InChI is InChI=1S/C36H45N5O7S.C32H38N4O7S/c1-23(35(43)40-15-17-48-18-16-40)39(4)36(44)27-19-26-20-28(47-5)12-14-29(26)33-32(24-9-7-6-8-10-24)30-13-11-25(21-31(30)41(33)22-27)34(42)37-49(45,46)38(2)3;1-19(32(39)40)35(4)31(38)23-15-22-16-24(43-5)12-14-25(22)29-28(20-9-7-6-8-10-20)26-13-11-21(17-27(26)36(29)18-23)30(37)33-44(41,42)34(2)3/h11-14,19-21,23-24H,6-10,15-18,22H2,1-5H3,(H,37,42);11-17,19-20H,6-10,18H2,1-5H3,(H,33,37)(H,39,40)/t23-;19-/m11/s1. The first-order chi connectivity index (χ1) is 44.2. The van der Waals surface area contributed by atoms with Crippen LogP contribution in [0.2, 0.25) is 0 Å². The number of ether oxygens (including phenoxy) is 3. The number of carboxylic acids is 1. The van der Waals surface area contributed by atoms with Gasteiger partial charge in [-0.05, 0) is 146 Å². The Balaban J connectivity index is 0.000000205. The molecule has 0 spiro atoms. The lowest BCUT2D eigenvalue weighted by molar-refractivity contribution is -0.146. The maximum atomic E-state index is 14.4. The van der Waals surface area contributed by atoms with Gasteiger partial charge < -0.3 is 43.2 Å². The number of hydrogen-bond acceptors (Lipinski definition) is 13. The summed E-state index contributed by atoms with van der Waals surface area (Å²) in [6.07, 6.45) is 14.4. The predicted molar refractivity (Wildman–Crippen MR) is 355 cm³/mol. The Morgan fingerprint density at radius 1 is 0.559 bits per heavy atom.